The SMILES string of the molecule is Cc1ccc(C(=O)N[C@H](C(=O)NNC(=O)c2cc3c(s2)CC[C@@H](C)C3)C(C)C)cc1. The molecule has 160 valence electrons. The first-order valence-electron chi connectivity index (χ1n) is 10.3. The fraction of sp³-hybridized carbons (Fsp3) is 0.435. The van der Waals surface area contributed by atoms with Gasteiger partial charge >= 0.3 is 0 Å². The average molecular weight is 428 g/mol. The van der Waals surface area contributed by atoms with Gasteiger partial charge in [-0.2, -0.15) is 0 Å². The topological polar surface area (TPSA) is 87.3 Å². The van der Waals surface area contributed by atoms with Crippen LogP contribution < -0.4 is 16.2 Å². The van der Waals surface area contributed by atoms with E-state index in [0.29, 0.717) is 16.4 Å². The average Bonchev–Trinajstić information content (AvgIpc) is 3.13. The molecule has 6 nitrogen and oxygen atoms in total. The van der Waals surface area contributed by atoms with Crippen molar-refractivity contribution in [3.05, 3.63) is 56.8 Å². The van der Waals surface area contributed by atoms with Gasteiger partial charge in [0.2, 0.25) is 0 Å². The molecule has 0 bridgehead atoms. The number of hydrazine groups is 1. The number of carbonyl (C=O) groups is 3. The Morgan fingerprint density at radius 1 is 1.07 bits per heavy atom. The molecule has 3 N–H and O–H groups in total. The first-order valence-corrected chi connectivity index (χ1v) is 11.2. The minimum atomic E-state index is -0.767. The van der Waals surface area contributed by atoms with Crippen LogP contribution in [0.4, 0.5) is 0 Å². The van der Waals surface area contributed by atoms with E-state index in [2.05, 4.69) is 23.1 Å². The van der Waals surface area contributed by atoms with Gasteiger partial charge in [0.05, 0.1) is 4.88 Å². The first kappa shape index (κ1) is 22.0. The molecule has 3 rings (SSSR count). The van der Waals surface area contributed by atoms with Gasteiger partial charge in [0.1, 0.15) is 6.04 Å². The van der Waals surface area contributed by atoms with E-state index in [4.69, 9.17) is 0 Å². The third kappa shape index (κ3) is 5.27. The molecule has 0 saturated heterocycles. The number of hydrogen-bond acceptors (Lipinski definition) is 4. The molecule has 2 aromatic rings. The summed E-state index contributed by atoms with van der Waals surface area (Å²) in [5, 5.41) is 2.76. The molecule has 0 saturated carbocycles. The molecular weight excluding hydrogens is 398 g/mol. The molecule has 1 heterocycles. The van der Waals surface area contributed by atoms with E-state index in [9.17, 15) is 14.4 Å². The van der Waals surface area contributed by atoms with Crippen LogP contribution in [0.1, 0.15) is 63.2 Å². The Hall–Kier alpha value is -2.67. The highest BCUT2D eigenvalue weighted by molar-refractivity contribution is 7.14. The number of amides is 3. The molecule has 0 spiro atoms. The number of fused-ring (bicyclic) bond motifs is 1. The Labute approximate surface area is 181 Å². The monoisotopic (exact) mass is 427 g/mol. The van der Waals surface area contributed by atoms with Crippen LogP contribution in [0.3, 0.4) is 0 Å². The highest BCUT2D eigenvalue weighted by Crippen LogP contribution is 2.32. The maximum absolute atomic E-state index is 12.6. The Balaban J connectivity index is 1.59. The van der Waals surface area contributed by atoms with Gasteiger partial charge in [-0.3, -0.25) is 25.2 Å². The van der Waals surface area contributed by atoms with Crippen molar-refractivity contribution in [2.45, 2.75) is 53.0 Å². The summed E-state index contributed by atoms with van der Waals surface area (Å²) in [6.07, 6.45) is 3.13. The quantitative estimate of drug-likeness (QED) is 0.639. The van der Waals surface area contributed by atoms with Crippen molar-refractivity contribution >= 4 is 29.1 Å². The predicted octanol–water partition coefficient (Wildman–Crippen LogP) is 3.40. The summed E-state index contributed by atoms with van der Waals surface area (Å²) < 4.78 is 0. The van der Waals surface area contributed by atoms with Crippen LogP contribution in [0.15, 0.2) is 30.3 Å². The van der Waals surface area contributed by atoms with Crippen molar-refractivity contribution in [3.8, 4) is 0 Å². The summed E-state index contributed by atoms with van der Waals surface area (Å²) >= 11 is 1.49. The second-order valence-electron chi connectivity index (χ2n) is 8.41. The van der Waals surface area contributed by atoms with E-state index in [-0.39, 0.29) is 17.7 Å². The van der Waals surface area contributed by atoms with E-state index < -0.39 is 11.9 Å². The van der Waals surface area contributed by atoms with Crippen molar-refractivity contribution < 1.29 is 14.4 Å². The van der Waals surface area contributed by atoms with Gasteiger partial charge < -0.3 is 5.32 Å². The fourth-order valence-corrected chi connectivity index (χ4v) is 4.64. The lowest BCUT2D eigenvalue weighted by Gasteiger charge is -2.21. The van der Waals surface area contributed by atoms with Crippen molar-refractivity contribution in [2.24, 2.45) is 11.8 Å². The third-order valence-corrected chi connectivity index (χ3v) is 6.64. The first-order chi connectivity index (χ1) is 14.2. The molecule has 30 heavy (non-hydrogen) atoms. The zero-order valence-corrected chi connectivity index (χ0v) is 18.7. The molecule has 7 heteroatoms. The molecule has 0 radical (unpaired) electrons. The van der Waals surface area contributed by atoms with Crippen molar-refractivity contribution in [1.29, 1.82) is 0 Å². The van der Waals surface area contributed by atoms with Gasteiger partial charge in [0.25, 0.3) is 17.7 Å². The number of nitrogens with one attached hydrogen (secondary N) is 3. The van der Waals surface area contributed by atoms with Crippen LogP contribution in [0.2, 0.25) is 0 Å². The predicted molar refractivity (Wildman–Crippen MR) is 118 cm³/mol. The number of hydrogen-bond donors (Lipinski definition) is 3. The minimum absolute atomic E-state index is 0.146. The zero-order chi connectivity index (χ0) is 21.8. The van der Waals surface area contributed by atoms with Crippen LogP contribution >= 0.6 is 11.3 Å². The van der Waals surface area contributed by atoms with Gasteiger partial charge in [-0.1, -0.05) is 38.5 Å². The Morgan fingerprint density at radius 2 is 1.77 bits per heavy atom. The van der Waals surface area contributed by atoms with Gasteiger partial charge in [-0.15, -0.1) is 11.3 Å². The summed E-state index contributed by atoms with van der Waals surface area (Å²) in [6.45, 7) is 7.85. The third-order valence-electron chi connectivity index (χ3n) is 5.40. The summed E-state index contributed by atoms with van der Waals surface area (Å²) in [6, 6.07) is 8.30. The van der Waals surface area contributed by atoms with Crippen LogP contribution in [0.25, 0.3) is 0 Å². The highest BCUT2D eigenvalue weighted by Gasteiger charge is 2.26. The van der Waals surface area contributed by atoms with E-state index in [0.717, 1.165) is 24.8 Å². The number of rotatable bonds is 5. The molecule has 0 unspecified atom stereocenters. The van der Waals surface area contributed by atoms with E-state index >= 15 is 0 Å². The molecule has 0 fully saturated rings. The standard InChI is InChI=1S/C23H29N3O3S/c1-13(2)20(24-21(27)16-8-5-14(3)6-9-16)23(29)26-25-22(28)19-12-17-11-15(4)7-10-18(17)30-19/h5-6,8-9,12-13,15,20H,7,10-11H2,1-4H3,(H,24,27)(H,25,28)(H,26,29)/t15-,20+/m1/s1. The van der Waals surface area contributed by atoms with Gasteiger partial charge in [0, 0.05) is 10.4 Å². The molecule has 2 atom stereocenters. The lowest BCUT2D eigenvalue weighted by atomic mass is 9.90. The van der Waals surface area contributed by atoms with E-state index in [1.165, 1.54) is 21.8 Å². The van der Waals surface area contributed by atoms with Crippen LogP contribution in [0.5, 0.6) is 0 Å². The molecule has 3 amide bonds. The summed E-state index contributed by atoms with van der Waals surface area (Å²) in [5.41, 5.74) is 7.74. The number of benzene rings is 1. The molecule has 1 aliphatic rings. The highest BCUT2D eigenvalue weighted by atomic mass is 32.1. The second kappa shape index (κ2) is 9.43. The summed E-state index contributed by atoms with van der Waals surface area (Å²) in [4.78, 5) is 39.5. The second-order valence-corrected chi connectivity index (χ2v) is 9.55. The van der Waals surface area contributed by atoms with Crippen LogP contribution in [0, 0.1) is 18.8 Å². The normalized spacial score (nSPS) is 16.5. The lowest BCUT2D eigenvalue weighted by molar-refractivity contribution is -0.124. The van der Waals surface area contributed by atoms with Crippen LogP contribution in [-0.4, -0.2) is 23.8 Å². The number of carbonyl (C=O) groups excluding carboxylic acids is 3. The van der Waals surface area contributed by atoms with E-state index in [1.54, 1.807) is 12.1 Å². The largest absolute Gasteiger partial charge is 0.340 e. The molecule has 1 aromatic carbocycles. The molecular formula is C23H29N3O3S. The fourth-order valence-electron chi connectivity index (χ4n) is 3.54. The lowest BCUT2D eigenvalue weighted by Crippen LogP contribution is -2.54. The molecule has 0 aliphatic heterocycles. The smallest absolute Gasteiger partial charge is 0.279 e. The van der Waals surface area contributed by atoms with Crippen molar-refractivity contribution in [1.82, 2.24) is 16.2 Å². The maximum atomic E-state index is 12.6. The molecule has 1 aromatic heterocycles. The Morgan fingerprint density at radius 3 is 2.43 bits per heavy atom. The number of thiophene rings is 1. The minimum Gasteiger partial charge on any atom is -0.340 e. The summed E-state index contributed by atoms with van der Waals surface area (Å²) in [7, 11) is 0. The number of aryl methyl sites for hydroxylation is 2. The zero-order valence-electron chi connectivity index (χ0n) is 17.9. The van der Waals surface area contributed by atoms with Gasteiger partial charge in [0.15, 0.2) is 0 Å². The summed E-state index contributed by atoms with van der Waals surface area (Å²) in [5.74, 6) is -0.620. The van der Waals surface area contributed by atoms with Crippen molar-refractivity contribution in [2.75, 3.05) is 0 Å². The van der Waals surface area contributed by atoms with Gasteiger partial charge in [-0.25, -0.2) is 0 Å². The molecule has 1 aliphatic carbocycles. The van der Waals surface area contributed by atoms with Crippen LogP contribution in [-0.2, 0) is 17.6 Å². The Bertz CT molecular complexity index is 934. The van der Waals surface area contributed by atoms with Gasteiger partial charge in [-0.05, 0) is 61.8 Å². The van der Waals surface area contributed by atoms with Crippen molar-refractivity contribution in [3.63, 3.8) is 0 Å². The Kier molecular flexibility index (Phi) is 6.92. The van der Waals surface area contributed by atoms with E-state index in [1.807, 2.05) is 39.0 Å². The maximum Gasteiger partial charge on any atom is 0.279 e.